The lowest BCUT2D eigenvalue weighted by molar-refractivity contribution is -0.127. The van der Waals surface area contributed by atoms with Gasteiger partial charge in [0, 0.05) is 49.5 Å². The van der Waals surface area contributed by atoms with Crippen molar-refractivity contribution in [3.63, 3.8) is 0 Å². The van der Waals surface area contributed by atoms with Crippen LogP contribution in [-0.4, -0.2) is 39.9 Å². The molecule has 0 spiro atoms. The van der Waals surface area contributed by atoms with Gasteiger partial charge in [0.15, 0.2) is 12.0 Å². The predicted octanol–water partition coefficient (Wildman–Crippen LogP) is 1.33. The van der Waals surface area contributed by atoms with Gasteiger partial charge in [0.2, 0.25) is 11.8 Å². The molecule has 3 aliphatic heterocycles. The van der Waals surface area contributed by atoms with E-state index in [2.05, 4.69) is 35.8 Å². The minimum atomic E-state index is -0.498. The summed E-state index contributed by atoms with van der Waals surface area (Å²) in [4.78, 5) is 32.9. The minimum Gasteiger partial charge on any atom is -0.335 e. The highest BCUT2D eigenvalue weighted by Gasteiger charge is 2.40. The van der Waals surface area contributed by atoms with Crippen LogP contribution in [0.3, 0.4) is 0 Å². The number of nitrogens with zero attached hydrogens (tertiary/aromatic N) is 6. The largest absolute Gasteiger partial charge is 0.335 e. The molecule has 0 radical (unpaired) electrons. The average Bonchev–Trinajstić information content (AvgIpc) is 3.25. The van der Waals surface area contributed by atoms with Gasteiger partial charge in [-0.15, -0.1) is 5.11 Å². The molecule has 2 amide bonds. The Hall–Kier alpha value is -3.40. The van der Waals surface area contributed by atoms with E-state index in [0.29, 0.717) is 25.3 Å². The molecule has 2 aromatic rings. The van der Waals surface area contributed by atoms with Crippen LogP contribution >= 0.6 is 0 Å². The summed E-state index contributed by atoms with van der Waals surface area (Å²) in [7, 11) is 0. The van der Waals surface area contributed by atoms with Gasteiger partial charge in [0.25, 0.3) is 0 Å². The second-order valence-corrected chi connectivity index (χ2v) is 6.77. The Bertz CT molecular complexity index is 978. The van der Waals surface area contributed by atoms with E-state index < -0.39 is 6.17 Å². The normalized spacial score (nSPS) is 22.4. The molecule has 0 aromatic carbocycles. The average molecular weight is 378 g/mol. The molecular weight excluding hydrogens is 360 g/mol. The van der Waals surface area contributed by atoms with Crippen LogP contribution in [-0.2, 0) is 9.59 Å². The van der Waals surface area contributed by atoms with Gasteiger partial charge in [-0.1, -0.05) is 6.07 Å². The molecule has 5 heterocycles. The third-order valence-electron chi connectivity index (χ3n) is 5.06. The zero-order valence-electron chi connectivity index (χ0n) is 14.9. The summed E-state index contributed by atoms with van der Waals surface area (Å²) in [6.07, 6.45) is 3.31. The summed E-state index contributed by atoms with van der Waals surface area (Å²) in [5, 5.41) is 18.0. The zero-order valence-corrected chi connectivity index (χ0v) is 14.9. The first-order valence-corrected chi connectivity index (χ1v) is 9.14. The number of pyridine rings is 2. The molecule has 3 aliphatic rings. The maximum Gasteiger partial charge on any atom is 0.223 e. The van der Waals surface area contributed by atoms with Crippen molar-refractivity contribution < 1.29 is 9.59 Å². The highest BCUT2D eigenvalue weighted by atomic mass is 16.2. The van der Waals surface area contributed by atoms with Gasteiger partial charge in [0.1, 0.15) is 12.0 Å². The summed E-state index contributed by atoms with van der Waals surface area (Å²) in [6.45, 7) is 1.04. The van der Waals surface area contributed by atoms with Crippen molar-refractivity contribution in [3.8, 4) is 0 Å². The molecule has 1 fully saturated rings. The van der Waals surface area contributed by atoms with E-state index >= 15 is 0 Å². The first-order valence-electron chi connectivity index (χ1n) is 9.14. The van der Waals surface area contributed by atoms with E-state index in [1.165, 1.54) is 0 Å². The highest BCUT2D eigenvalue weighted by molar-refractivity contribution is 5.79. The third-order valence-corrected chi connectivity index (χ3v) is 5.06. The molecule has 2 N–H and O–H groups in total. The van der Waals surface area contributed by atoms with Crippen molar-refractivity contribution in [3.05, 3.63) is 47.8 Å². The fourth-order valence-electron chi connectivity index (χ4n) is 3.76. The second-order valence-electron chi connectivity index (χ2n) is 6.77. The van der Waals surface area contributed by atoms with E-state index in [1.807, 2.05) is 23.2 Å². The number of carbonyl (C=O) groups excluding carboxylic acids is 2. The number of nitrogens with one attached hydrogen (secondary N) is 2. The van der Waals surface area contributed by atoms with Gasteiger partial charge in [-0.3, -0.25) is 14.6 Å². The molecule has 5 rings (SSSR count). The number of anilines is 1. The van der Waals surface area contributed by atoms with Crippen LogP contribution in [0, 0.1) is 0 Å². The third kappa shape index (κ3) is 2.78. The molecule has 0 bridgehead atoms. The molecule has 0 aliphatic carbocycles. The SMILES string of the molecule is O=C(CCN1c2ncccc2[C@@H]2NC(=O)CCN21)N[C@@H]1N=Nc2ncccc21. The number of carbonyl (C=O) groups is 2. The molecule has 10 nitrogen and oxygen atoms in total. The Balaban J connectivity index is 1.27. The lowest BCUT2D eigenvalue weighted by atomic mass is 10.2. The van der Waals surface area contributed by atoms with Gasteiger partial charge in [-0.05, 0) is 18.2 Å². The fourth-order valence-corrected chi connectivity index (χ4v) is 3.76. The van der Waals surface area contributed by atoms with Gasteiger partial charge < -0.3 is 10.6 Å². The Morgan fingerprint density at radius 3 is 2.93 bits per heavy atom. The summed E-state index contributed by atoms with van der Waals surface area (Å²) in [5.41, 5.74) is 1.74. The number of rotatable bonds is 4. The van der Waals surface area contributed by atoms with E-state index in [9.17, 15) is 9.59 Å². The van der Waals surface area contributed by atoms with Crippen LogP contribution in [0.5, 0.6) is 0 Å². The van der Waals surface area contributed by atoms with E-state index in [1.54, 1.807) is 18.5 Å². The van der Waals surface area contributed by atoms with Crippen molar-refractivity contribution >= 4 is 23.5 Å². The second kappa shape index (κ2) is 6.64. The lowest BCUT2D eigenvalue weighted by Crippen LogP contribution is -2.52. The summed E-state index contributed by atoms with van der Waals surface area (Å²) < 4.78 is 0. The van der Waals surface area contributed by atoms with Crippen LogP contribution in [0.4, 0.5) is 11.6 Å². The Morgan fingerprint density at radius 1 is 1.21 bits per heavy atom. The van der Waals surface area contributed by atoms with Crippen molar-refractivity contribution in [1.29, 1.82) is 0 Å². The summed E-state index contributed by atoms with van der Waals surface area (Å²) in [6, 6.07) is 7.46. The number of amides is 2. The van der Waals surface area contributed by atoms with Crippen LogP contribution in [0.25, 0.3) is 0 Å². The Labute approximate surface area is 160 Å². The Morgan fingerprint density at radius 2 is 2.04 bits per heavy atom. The summed E-state index contributed by atoms with van der Waals surface area (Å²) >= 11 is 0. The maximum atomic E-state index is 12.5. The molecule has 28 heavy (non-hydrogen) atoms. The number of fused-ring (bicyclic) bond motifs is 4. The molecule has 2 atom stereocenters. The topological polar surface area (TPSA) is 115 Å². The van der Waals surface area contributed by atoms with E-state index in [-0.39, 0.29) is 24.4 Å². The predicted molar refractivity (Wildman–Crippen MR) is 98.0 cm³/mol. The summed E-state index contributed by atoms with van der Waals surface area (Å²) in [5.74, 6) is 1.20. The van der Waals surface area contributed by atoms with Crippen LogP contribution in [0.15, 0.2) is 46.9 Å². The standard InChI is InChI=1S/C18H18N8O2/c27-13(21-16-11-3-1-7-19-15(11)23-24-16)5-9-25-17-12(4-2-8-20-17)18-22-14(28)6-10-26(18)25/h1-4,7-8,16,18H,5-6,9-10H2,(H,21,27)(H,22,28)/t16-,18-/m1/s1. The first kappa shape index (κ1) is 16.8. The van der Waals surface area contributed by atoms with E-state index in [4.69, 9.17) is 0 Å². The first-order chi connectivity index (χ1) is 13.7. The van der Waals surface area contributed by atoms with Gasteiger partial charge >= 0.3 is 0 Å². The van der Waals surface area contributed by atoms with Crippen molar-refractivity contribution in [2.45, 2.75) is 25.2 Å². The quantitative estimate of drug-likeness (QED) is 0.829. The number of hydrogen-bond donors (Lipinski definition) is 2. The smallest absolute Gasteiger partial charge is 0.223 e. The van der Waals surface area contributed by atoms with Crippen LogP contribution in [0.2, 0.25) is 0 Å². The molecular formula is C18H18N8O2. The zero-order chi connectivity index (χ0) is 19.1. The molecule has 142 valence electrons. The molecule has 0 unspecified atom stereocenters. The van der Waals surface area contributed by atoms with Crippen molar-refractivity contribution in [1.82, 2.24) is 25.6 Å². The van der Waals surface area contributed by atoms with Gasteiger partial charge in [-0.25, -0.2) is 9.97 Å². The van der Waals surface area contributed by atoms with Crippen LogP contribution < -0.4 is 15.6 Å². The fraction of sp³-hybridized carbons (Fsp3) is 0.333. The number of hydrogen-bond acceptors (Lipinski definition) is 8. The van der Waals surface area contributed by atoms with E-state index in [0.717, 1.165) is 16.9 Å². The van der Waals surface area contributed by atoms with Gasteiger partial charge in [-0.2, -0.15) is 10.1 Å². The maximum absolute atomic E-state index is 12.5. The van der Waals surface area contributed by atoms with Gasteiger partial charge in [0.05, 0.1) is 0 Å². The minimum absolute atomic E-state index is 0.0227. The van der Waals surface area contributed by atoms with Crippen LogP contribution in [0.1, 0.15) is 36.3 Å². The number of azo groups is 1. The molecule has 0 saturated carbocycles. The number of hydrazine groups is 1. The number of aromatic nitrogens is 2. The monoisotopic (exact) mass is 378 g/mol. The molecule has 2 aromatic heterocycles. The van der Waals surface area contributed by atoms with Crippen molar-refractivity contribution in [2.75, 3.05) is 18.1 Å². The Kier molecular flexibility index (Phi) is 3.97. The van der Waals surface area contributed by atoms with Crippen molar-refractivity contribution in [2.24, 2.45) is 10.2 Å². The molecule has 1 saturated heterocycles. The molecule has 10 heteroatoms. The lowest BCUT2D eigenvalue weighted by Gasteiger charge is -2.36. The highest BCUT2D eigenvalue weighted by Crippen LogP contribution is 2.38.